The fraction of sp³-hybridized carbons (Fsp3) is 0.296. The van der Waals surface area contributed by atoms with E-state index >= 15 is 0 Å². The van der Waals surface area contributed by atoms with Crippen LogP contribution in [-0.2, 0) is 17.9 Å². The number of carbonyl (C=O) groups excluding carboxylic acids is 2. The maximum absolute atomic E-state index is 13.0. The van der Waals surface area contributed by atoms with Crippen molar-refractivity contribution in [2.75, 3.05) is 18.4 Å². The summed E-state index contributed by atoms with van der Waals surface area (Å²) in [4.78, 5) is 32.2. The summed E-state index contributed by atoms with van der Waals surface area (Å²) in [7, 11) is 0. The molecule has 0 spiro atoms. The Hall–Kier alpha value is -3.51. The van der Waals surface area contributed by atoms with Gasteiger partial charge in [0.2, 0.25) is 5.91 Å². The number of carbonyl (C=O) groups is 2. The van der Waals surface area contributed by atoms with Crippen LogP contribution in [-0.4, -0.2) is 34.8 Å². The van der Waals surface area contributed by atoms with Crippen molar-refractivity contribution in [2.24, 2.45) is 5.92 Å². The molecule has 0 radical (unpaired) electrons. The number of hydrogen-bond donors (Lipinski definition) is 2. The van der Waals surface area contributed by atoms with E-state index < -0.39 is 0 Å². The summed E-state index contributed by atoms with van der Waals surface area (Å²) >= 11 is 0. The number of likely N-dealkylation sites (tertiary alicyclic amines) is 1. The number of amides is 2. The number of piperidine rings is 1. The molecule has 0 atom stereocenters. The summed E-state index contributed by atoms with van der Waals surface area (Å²) in [6, 6.07) is 19.3. The van der Waals surface area contributed by atoms with Crippen LogP contribution >= 0.6 is 0 Å². The van der Waals surface area contributed by atoms with E-state index in [-0.39, 0.29) is 17.7 Å². The molecule has 1 aliphatic rings. The first-order valence-electron chi connectivity index (χ1n) is 11.4. The molecule has 33 heavy (non-hydrogen) atoms. The first kappa shape index (κ1) is 22.7. The lowest BCUT2D eigenvalue weighted by atomic mass is 9.95. The molecule has 2 heterocycles. The molecule has 2 amide bonds. The van der Waals surface area contributed by atoms with Crippen molar-refractivity contribution in [1.82, 2.24) is 15.2 Å². The largest absolute Gasteiger partial charge is 0.348 e. The Bertz CT molecular complexity index is 1090. The van der Waals surface area contributed by atoms with Gasteiger partial charge in [0.25, 0.3) is 5.91 Å². The molecular formula is C27H30N4O2. The third-order valence-corrected chi connectivity index (χ3v) is 6.22. The molecule has 1 aliphatic heterocycles. The molecule has 6 nitrogen and oxygen atoms in total. The fourth-order valence-corrected chi connectivity index (χ4v) is 4.19. The second-order valence-corrected chi connectivity index (χ2v) is 8.56. The molecule has 0 aliphatic carbocycles. The highest BCUT2D eigenvalue weighted by atomic mass is 16.2. The van der Waals surface area contributed by atoms with Crippen molar-refractivity contribution in [3.8, 4) is 0 Å². The van der Waals surface area contributed by atoms with Gasteiger partial charge in [0.05, 0.1) is 11.3 Å². The monoisotopic (exact) mass is 442 g/mol. The second kappa shape index (κ2) is 10.9. The van der Waals surface area contributed by atoms with Crippen molar-refractivity contribution in [3.05, 3.63) is 95.3 Å². The Kier molecular flexibility index (Phi) is 7.47. The second-order valence-electron chi connectivity index (χ2n) is 8.56. The van der Waals surface area contributed by atoms with Gasteiger partial charge in [-0.25, -0.2) is 0 Å². The average Bonchev–Trinajstić information content (AvgIpc) is 2.85. The summed E-state index contributed by atoms with van der Waals surface area (Å²) in [6.07, 6.45) is 5.04. The third-order valence-electron chi connectivity index (χ3n) is 6.22. The van der Waals surface area contributed by atoms with Gasteiger partial charge >= 0.3 is 0 Å². The van der Waals surface area contributed by atoms with Crippen molar-refractivity contribution in [1.29, 1.82) is 0 Å². The lowest BCUT2D eigenvalue weighted by Gasteiger charge is -2.31. The summed E-state index contributed by atoms with van der Waals surface area (Å²) in [5.41, 5.74) is 4.58. The number of aryl methyl sites for hydroxylation is 1. The Morgan fingerprint density at radius 2 is 1.76 bits per heavy atom. The zero-order chi connectivity index (χ0) is 23.0. The van der Waals surface area contributed by atoms with Crippen LogP contribution in [0.15, 0.2) is 73.1 Å². The van der Waals surface area contributed by atoms with Gasteiger partial charge in [0.15, 0.2) is 0 Å². The van der Waals surface area contributed by atoms with Gasteiger partial charge in [-0.1, -0.05) is 42.5 Å². The van der Waals surface area contributed by atoms with Crippen LogP contribution in [0.1, 0.15) is 39.9 Å². The summed E-state index contributed by atoms with van der Waals surface area (Å²) in [5, 5.41) is 5.91. The molecule has 0 saturated carbocycles. The van der Waals surface area contributed by atoms with Gasteiger partial charge in [-0.2, -0.15) is 0 Å². The topological polar surface area (TPSA) is 74.3 Å². The number of aromatic nitrogens is 1. The predicted molar refractivity (Wildman–Crippen MR) is 130 cm³/mol. The highest BCUT2D eigenvalue weighted by Crippen LogP contribution is 2.23. The Balaban J connectivity index is 1.32. The molecule has 1 fully saturated rings. The number of pyridine rings is 1. The first-order valence-corrected chi connectivity index (χ1v) is 11.4. The molecule has 3 aromatic rings. The molecule has 0 unspecified atom stereocenters. The Morgan fingerprint density at radius 1 is 1.00 bits per heavy atom. The number of anilines is 1. The molecule has 1 aromatic heterocycles. The van der Waals surface area contributed by atoms with Crippen LogP contribution in [0.25, 0.3) is 0 Å². The number of nitrogens with one attached hydrogen (secondary N) is 2. The van der Waals surface area contributed by atoms with Gasteiger partial charge in [-0.15, -0.1) is 0 Å². The van der Waals surface area contributed by atoms with Gasteiger partial charge in [0.1, 0.15) is 0 Å². The molecule has 0 bridgehead atoms. The predicted octanol–water partition coefficient (Wildman–Crippen LogP) is 4.17. The molecule has 170 valence electrons. The minimum absolute atomic E-state index is 0.0157. The van der Waals surface area contributed by atoms with Crippen LogP contribution < -0.4 is 10.6 Å². The number of nitrogens with zero attached hydrogens (tertiary/aromatic N) is 2. The van der Waals surface area contributed by atoms with E-state index in [2.05, 4.69) is 51.7 Å². The van der Waals surface area contributed by atoms with Crippen LogP contribution in [0.3, 0.4) is 0 Å². The maximum atomic E-state index is 13.0. The van der Waals surface area contributed by atoms with Crippen LogP contribution in [0.2, 0.25) is 0 Å². The minimum Gasteiger partial charge on any atom is -0.348 e. The zero-order valence-electron chi connectivity index (χ0n) is 19.0. The molecular weight excluding hydrogens is 412 g/mol. The Labute approximate surface area is 195 Å². The van der Waals surface area contributed by atoms with E-state index in [9.17, 15) is 9.59 Å². The van der Waals surface area contributed by atoms with Gasteiger partial charge in [-0.05, 0) is 67.7 Å². The van der Waals surface area contributed by atoms with E-state index in [1.807, 2.05) is 18.2 Å². The maximum Gasteiger partial charge on any atom is 0.253 e. The molecule has 2 aromatic carbocycles. The van der Waals surface area contributed by atoms with Crippen molar-refractivity contribution in [2.45, 2.75) is 32.9 Å². The average molecular weight is 443 g/mol. The lowest BCUT2D eigenvalue weighted by molar-refractivity contribution is -0.121. The van der Waals surface area contributed by atoms with Gasteiger partial charge in [-0.3, -0.25) is 19.5 Å². The van der Waals surface area contributed by atoms with Gasteiger partial charge in [0, 0.05) is 31.4 Å². The number of benzene rings is 2. The summed E-state index contributed by atoms with van der Waals surface area (Å²) in [6.45, 7) is 5.22. The third kappa shape index (κ3) is 6.05. The standard InChI is InChI=1S/C27H30N4O2/c1-20-7-2-3-9-23(20)19-31-15-12-22(13-16-31)26(32)30-25-11-5-4-10-24(25)27(33)29-18-21-8-6-14-28-17-21/h2-11,14,17,22H,12-13,15-16,18-19H2,1H3,(H,29,33)(H,30,32). The zero-order valence-corrected chi connectivity index (χ0v) is 19.0. The van der Waals surface area contributed by atoms with Crippen molar-refractivity contribution >= 4 is 17.5 Å². The number of hydrogen-bond acceptors (Lipinski definition) is 4. The number of rotatable bonds is 7. The van der Waals surface area contributed by atoms with E-state index in [1.54, 1.807) is 30.6 Å². The highest BCUT2D eigenvalue weighted by molar-refractivity contribution is 6.04. The van der Waals surface area contributed by atoms with Gasteiger partial charge < -0.3 is 10.6 Å². The van der Waals surface area contributed by atoms with Crippen molar-refractivity contribution in [3.63, 3.8) is 0 Å². The van der Waals surface area contributed by atoms with E-state index in [0.29, 0.717) is 17.8 Å². The number of para-hydroxylation sites is 1. The van der Waals surface area contributed by atoms with Crippen LogP contribution in [0.4, 0.5) is 5.69 Å². The molecule has 2 N–H and O–H groups in total. The smallest absolute Gasteiger partial charge is 0.253 e. The molecule has 4 rings (SSSR count). The highest BCUT2D eigenvalue weighted by Gasteiger charge is 2.26. The van der Waals surface area contributed by atoms with Crippen molar-refractivity contribution < 1.29 is 9.59 Å². The first-order chi connectivity index (χ1) is 16.1. The summed E-state index contributed by atoms with van der Waals surface area (Å²) < 4.78 is 0. The van der Waals surface area contributed by atoms with Crippen LogP contribution in [0.5, 0.6) is 0 Å². The molecule has 6 heteroatoms. The van der Waals surface area contributed by atoms with Crippen LogP contribution in [0, 0.1) is 12.8 Å². The SMILES string of the molecule is Cc1ccccc1CN1CCC(C(=O)Nc2ccccc2C(=O)NCc2cccnc2)CC1. The lowest BCUT2D eigenvalue weighted by Crippen LogP contribution is -2.38. The van der Waals surface area contributed by atoms with E-state index in [4.69, 9.17) is 0 Å². The quantitative estimate of drug-likeness (QED) is 0.576. The summed E-state index contributed by atoms with van der Waals surface area (Å²) in [5.74, 6) is -0.287. The molecule has 1 saturated heterocycles. The van der Waals surface area contributed by atoms with E-state index in [1.165, 1.54) is 11.1 Å². The minimum atomic E-state index is -0.220. The van der Waals surface area contributed by atoms with E-state index in [0.717, 1.165) is 38.0 Å². The fourth-order valence-electron chi connectivity index (χ4n) is 4.19. The Morgan fingerprint density at radius 3 is 2.52 bits per heavy atom. The normalized spacial score (nSPS) is 14.6.